The minimum Gasteiger partial charge on any atom is -0.355 e. The summed E-state index contributed by atoms with van der Waals surface area (Å²) in [6, 6.07) is 15.9. The molecule has 0 bridgehead atoms. The maximum absolute atomic E-state index is 12.8. The van der Waals surface area contributed by atoms with Gasteiger partial charge in [0.05, 0.1) is 10.6 Å². The molecule has 0 radical (unpaired) electrons. The summed E-state index contributed by atoms with van der Waals surface area (Å²) in [5.74, 6) is 0.599. The van der Waals surface area contributed by atoms with Crippen molar-refractivity contribution in [3.05, 3.63) is 70.2 Å². The van der Waals surface area contributed by atoms with Gasteiger partial charge in [0.15, 0.2) is 0 Å². The van der Waals surface area contributed by atoms with Gasteiger partial charge < -0.3 is 15.5 Å². The van der Waals surface area contributed by atoms with Gasteiger partial charge in [-0.1, -0.05) is 61.8 Å². The normalized spacial score (nSPS) is 13.1. The third kappa shape index (κ3) is 7.95. The van der Waals surface area contributed by atoms with Crippen molar-refractivity contribution in [1.29, 1.82) is 0 Å². The van der Waals surface area contributed by atoms with Crippen LogP contribution in [0.3, 0.4) is 0 Å². The number of hydrogen-bond donors (Lipinski definition) is 2. The van der Waals surface area contributed by atoms with E-state index in [1.165, 1.54) is 5.56 Å². The molecule has 2 aromatic rings. The van der Waals surface area contributed by atoms with Gasteiger partial charge >= 0.3 is 0 Å². The Morgan fingerprint density at radius 1 is 1.06 bits per heavy atom. The Labute approximate surface area is 197 Å². The summed E-state index contributed by atoms with van der Waals surface area (Å²) in [7, 11) is 5.59. The van der Waals surface area contributed by atoms with Crippen LogP contribution in [-0.2, 0) is 11.2 Å². The molecule has 6 heteroatoms. The third-order valence-electron chi connectivity index (χ3n) is 5.70. The van der Waals surface area contributed by atoms with Gasteiger partial charge in [0.25, 0.3) is 5.91 Å². The van der Waals surface area contributed by atoms with Crippen molar-refractivity contribution < 1.29 is 9.59 Å². The number of halogens is 1. The lowest BCUT2D eigenvalue weighted by molar-refractivity contribution is -0.121. The first-order chi connectivity index (χ1) is 15.2. The number of benzene rings is 2. The molecule has 2 aromatic carbocycles. The van der Waals surface area contributed by atoms with Crippen molar-refractivity contribution in [2.75, 3.05) is 27.7 Å². The summed E-state index contributed by atoms with van der Waals surface area (Å²) >= 11 is 6.31. The van der Waals surface area contributed by atoms with Gasteiger partial charge in [0.1, 0.15) is 0 Å². The predicted molar refractivity (Wildman–Crippen MR) is 132 cm³/mol. The van der Waals surface area contributed by atoms with Gasteiger partial charge in [-0.2, -0.15) is 0 Å². The van der Waals surface area contributed by atoms with Crippen LogP contribution in [0.1, 0.15) is 54.1 Å². The van der Waals surface area contributed by atoms with Gasteiger partial charge in [-0.15, -0.1) is 0 Å². The van der Waals surface area contributed by atoms with Crippen molar-refractivity contribution in [2.24, 2.45) is 5.92 Å². The summed E-state index contributed by atoms with van der Waals surface area (Å²) in [4.78, 5) is 26.8. The monoisotopic (exact) mass is 457 g/mol. The fourth-order valence-corrected chi connectivity index (χ4v) is 4.16. The quantitative estimate of drug-likeness (QED) is 0.522. The van der Waals surface area contributed by atoms with E-state index in [1.807, 2.05) is 44.4 Å². The largest absolute Gasteiger partial charge is 0.355 e. The van der Waals surface area contributed by atoms with E-state index in [0.29, 0.717) is 29.5 Å². The van der Waals surface area contributed by atoms with E-state index in [9.17, 15) is 9.59 Å². The highest BCUT2D eigenvalue weighted by molar-refractivity contribution is 6.33. The van der Waals surface area contributed by atoms with Crippen molar-refractivity contribution in [3.8, 4) is 0 Å². The van der Waals surface area contributed by atoms with Crippen molar-refractivity contribution in [2.45, 2.75) is 45.1 Å². The minimum absolute atomic E-state index is 0.0688. The van der Waals surface area contributed by atoms with Crippen LogP contribution in [0, 0.1) is 5.92 Å². The lowest BCUT2D eigenvalue weighted by Crippen LogP contribution is -2.42. The molecule has 0 aromatic heterocycles. The molecule has 174 valence electrons. The smallest absolute Gasteiger partial charge is 0.252 e. The molecule has 0 unspecified atom stereocenters. The molecule has 32 heavy (non-hydrogen) atoms. The fourth-order valence-electron chi connectivity index (χ4n) is 3.87. The van der Waals surface area contributed by atoms with Crippen LogP contribution in [0.15, 0.2) is 48.5 Å². The maximum Gasteiger partial charge on any atom is 0.252 e. The maximum atomic E-state index is 12.8. The lowest BCUT2D eigenvalue weighted by Gasteiger charge is -2.26. The van der Waals surface area contributed by atoms with Crippen molar-refractivity contribution in [3.63, 3.8) is 0 Å². The Kier molecular flexibility index (Phi) is 10.2. The van der Waals surface area contributed by atoms with E-state index < -0.39 is 0 Å². The van der Waals surface area contributed by atoms with Crippen LogP contribution >= 0.6 is 11.6 Å². The Morgan fingerprint density at radius 2 is 1.75 bits per heavy atom. The van der Waals surface area contributed by atoms with Gasteiger partial charge in [-0.3, -0.25) is 9.59 Å². The average Bonchev–Trinajstić information content (AvgIpc) is 2.75. The summed E-state index contributed by atoms with van der Waals surface area (Å²) in [6.45, 7) is 4.93. The van der Waals surface area contributed by atoms with Crippen LogP contribution in [0.5, 0.6) is 0 Å². The number of amides is 2. The van der Waals surface area contributed by atoms with Crippen molar-refractivity contribution in [1.82, 2.24) is 15.5 Å². The second-order valence-electron chi connectivity index (χ2n) is 8.96. The minimum atomic E-state index is -0.202. The Bertz CT molecular complexity index is 884. The molecule has 2 rings (SSSR count). The summed E-state index contributed by atoms with van der Waals surface area (Å²) in [5.41, 5.74) is 2.70. The molecular formula is C26H36ClN3O2. The van der Waals surface area contributed by atoms with Gasteiger partial charge in [0.2, 0.25) is 5.91 Å². The molecule has 0 aliphatic heterocycles. The number of carbonyl (C=O) groups is 2. The SMILES string of the molecule is CNC(=O)c1ccc(C[C@@H](CNC(=O)C[C@@H](CC(C)C)c2ccccc2)N(C)C)cc1Cl. The van der Waals surface area contributed by atoms with E-state index in [2.05, 4.69) is 41.5 Å². The summed E-state index contributed by atoms with van der Waals surface area (Å²) in [5, 5.41) is 6.16. The highest BCUT2D eigenvalue weighted by atomic mass is 35.5. The van der Waals surface area contributed by atoms with E-state index in [4.69, 9.17) is 11.6 Å². The third-order valence-corrected chi connectivity index (χ3v) is 6.01. The Morgan fingerprint density at radius 3 is 2.31 bits per heavy atom. The molecule has 2 N–H and O–H groups in total. The zero-order chi connectivity index (χ0) is 23.7. The van der Waals surface area contributed by atoms with Gasteiger partial charge in [0, 0.05) is 26.1 Å². The zero-order valence-electron chi connectivity index (χ0n) is 19.8. The molecule has 0 fully saturated rings. The first-order valence-corrected chi connectivity index (χ1v) is 11.6. The predicted octanol–water partition coefficient (Wildman–Crippen LogP) is 4.51. The number of hydrogen-bond acceptors (Lipinski definition) is 3. The molecule has 5 nitrogen and oxygen atoms in total. The van der Waals surface area contributed by atoms with Crippen LogP contribution in [0.25, 0.3) is 0 Å². The number of rotatable bonds is 11. The highest BCUT2D eigenvalue weighted by Gasteiger charge is 2.20. The molecule has 0 spiro atoms. The summed E-state index contributed by atoms with van der Waals surface area (Å²) < 4.78 is 0. The van der Waals surface area contributed by atoms with E-state index in [-0.39, 0.29) is 23.8 Å². The second kappa shape index (κ2) is 12.6. The van der Waals surface area contributed by atoms with E-state index >= 15 is 0 Å². The highest BCUT2D eigenvalue weighted by Crippen LogP contribution is 2.27. The average molecular weight is 458 g/mol. The second-order valence-corrected chi connectivity index (χ2v) is 9.37. The fraction of sp³-hybridized carbons (Fsp3) is 0.462. The van der Waals surface area contributed by atoms with Crippen LogP contribution < -0.4 is 10.6 Å². The first-order valence-electron chi connectivity index (χ1n) is 11.2. The van der Waals surface area contributed by atoms with Crippen LogP contribution in [-0.4, -0.2) is 50.4 Å². The number of carbonyl (C=O) groups excluding carboxylic acids is 2. The standard InChI is InChI=1S/C26H36ClN3O2/c1-18(2)13-21(20-9-7-6-8-10-20)16-25(31)29-17-22(30(4)5)14-19-11-12-23(24(27)15-19)26(32)28-3/h6-12,15,18,21-22H,13-14,16-17H2,1-5H3,(H,28,32)(H,29,31)/t21-,22+/m1/s1. The van der Waals surface area contributed by atoms with Gasteiger partial charge in [-0.25, -0.2) is 0 Å². The first kappa shape index (κ1) is 25.9. The molecule has 0 aliphatic carbocycles. The molecule has 0 aliphatic rings. The Hall–Kier alpha value is -2.37. The Balaban J connectivity index is 2.00. The van der Waals surface area contributed by atoms with Gasteiger partial charge in [-0.05, 0) is 62.0 Å². The molecule has 2 atom stereocenters. The van der Waals surface area contributed by atoms with Crippen molar-refractivity contribution >= 4 is 23.4 Å². The van der Waals surface area contributed by atoms with Crippen LogP contribution in [0.4, 0.5) is 0 Å². The molecular weight excluding hydrogens is 422 g/mol. The van der Waals surface area contributed by atoms with E-state index in [0.717, 1.165) is 18.4 Å². The summed E-state index contributed by atoms with van der Waals surface area (Å²) in [6.07, 6.45) is 2.18. The molecule has 0 heterocycles. The number of nitrogens with one attached hydrogen (secondary N) is 2. The zero-order valence-corrected chi connectivity index (χ0v) is 20.6. The molecule has 0 saturated heterocycles. The topological polar surface area (TPSA) is 61.4 Å². The molecule has 0 saturated carbocycles. The molecule has 2 amide bonds. The number of likely N-dealkylation sites (N-methyl/N-ethyl adjacent to an activating group) is 1. The van der Waals surface area contributed by atoms with E-state index in [1.54, 1.807) is 13.1 Å². The van der Waals surface area contributed by atoms with Crippen LogP contribution in [0.2, 0.25) is 5.02 Å². The lowest BCUT2D eigenvalue weighted by atomic mass is 9.87. The number of nitrogens with zero attached hydrogens (tertiary/aromatic N) is 1.